The number of hydrogen-bond acceptors (Lipinski definition) is 3. The Hall–Kier alpha value is -1.29. The molecule has 1 heterocycles. The molecule has 0 amide bonds. The maximum Gasteiger partial charge on any atom is 0.269 e. The predicted molar refractivity (Wildman–Crippen MR) is 58.2 cm³/mol. The molecule has 3 nitrogen and oxygen atoms in total. The Morgan fingerprint density at radius 3 is 2.79 bits per heavy atom. The van der Waals surface area contributed by atoms with Crippen LogP contribution in [0.3, 0.4) is 0 Å². The van der Waals surface area contributed by atoms with Crippen molar-refractivity contribution in [1.29, 1.82) is 0 Å². The van der Waals surface area contributed by atoms with Crippen LogP contribution in [0.25, 0.3) is 10.1 Å². The van der Waals surface area contributed by atoms with E-state index in [0.29, 0.717) is 11.3 Å². The molecule has 0 saturated heterocycles. The molecule has 0 saturated carbocycles. The fourth-order valence-corrected chi connectivity index (χ4v) is 2.21. The number of fused-ring (bicyclic) bond motifs is 1. The second-order valence-corrected chi connectivity index (χ2v) is 4.45. The third kappa shape index (κ3) is 1.32. The van der Waals surface area contributed by atoms with E-state index in [1.165, 1.54) is 11.5 Å². The number of hydrogen-bond donors (Lipinski definition) is 2. The first-order valence-corrected chi connectivity index (χ1v) is 5.25. The molecular formula is C10H11NO2S. The summed E-state index contributed by atoms with van der Waals surface area (Å²) in [6.07, 6.45) is 0. The quantitative estimate of drug-likeness (QED) is 0.757. The SMILES string of the molecule is CC(C)c1cc(O)c2c(=O)[nH]sc2c1. The number of phenolic OH excluding ortho intramolecular Hbond substituents is 1. The lowest BCUT2D eigenvalue weighted by atomic mass is 10.0. The Morgan fingerprint density at radius 2 is 2.14 bits per heavy atom. The summed E-state index contributed by atoms with van der Waals surface area (Å²) in [5.41, 5.74) is 0.836. The summed E-state index contributed by atoms with van der Waals surface area (Å²) in [6, 6.07) is 3.61. The number of aromatic amines is 1. The van der Waals surface area contributed by atoms with Crippen LogP contribution in [0.5, 0.6) is 5.75 Å². The van der Waals surface area contributed by atoms with Gasteiger partial charge in [-0.3, -0.25) is 9.17 Å². The first kappa shape index (κ1) is 9.27. The lowest BCUT2D eigenvalue weighted by Crippen LogP contribution is -1.97. The van der Waals surface area contributed by atoms with Crippen molar-refractivity contribution in [2.24, 2.45) is 0 Å². The molecule has 14 heavy (non-hydrogen) atoms. The number of phenols is 1. The second-order valence-electron chi connectivity index (χ2n) is 3.60. The molecule has 0 radical (unpaired) electrons. The number of aromatic hydroxyl groups is 1. The van der Waals surface area contributed by atoms with Crippen molar-refractivity contribution in [1.82, 2.24) is 4.37 Å². The number of benzene rings is 1. The van der Waals surface area contributed by atoms with Gasteiger partial charge in [0.2, 0.25) is 0 Å². The first-order valence-electron chi connectivity index (χ1n) is 4.43. The van der Waals surface area contributed by atoms with Crippen LogP contribution in [0, 0.1) is 0 Å². The highest BCUT2D eigenvalue weighted by molar-refractivity contribution is 7.13. The third-order valence-electron chi connectivity index (χ3n) is 2.25. The molecule has 74 valence electrons. The molecule has 0 fully saturated rings. The van der Waals surface area contributed by atoms with Gasteiger partial charge in [0.05, 0.1) is 4.70 Å². The van der Waals surface area contributed by atoms with E-state index < -0.39 is 0 Å². The minimum Gasteiger partial charge on any atom is -0.507 e. The molecule has 0 unspecified atom stereocenters. The van der Waals surface area contributed by atoms with Crippen molar-refractivity contribution in [2.45, 2.75) is 19.8 Å². The normalized spacial score (nSPS) is 11.4. The average molecular weight is 209 g/mol. The van der Waals surface area contributed by atoms with E-state index in [9.17, 15) is 9.90 Å². The maximum atomic E-state index is 11.3. The zero-order valence-corrected chi connectivity index (χ0v) is 8.81. The molecule has 4 heteroatoms. The summed E-state index contributed by atoms with van der Waals surface area (Å²) in [5.74, 6) is 0.427. The van der Waals surface area contributed by atoms with Crippen molar-refractivity contribution in [3.8, 4) is 5.75 Å². The Kier molecular flexibility index (Phi) is 2.07. The summed E-state index contributed by atoms with van der Waals surface area (Å²) in [6.45, 7) is 4.10. The van der Waals surface area contributed by atoms with E-state index in [1.807, 2.05) is 6.07 Å². The molecule has 0 spiro atoms. The van der Waals surface area contributed by atoms with Gasteiger partial charge in [0.15, 0.2) is 0 Å². The molecule has 0 atom stereocenters. The lowest BCUT2D eigenvalue weighted by Gasteiger charge is -2.05. The van der Waals surface area contributed by atoms with Crippen LogP contribution in [-0.2, 0) is 0 Å². The minimum atomic E-state index is -0.210. The van der Waals surface area contributed by atoms with Gasteiger partial charge in [0.1, 0.15) is 11.1 Å². The van der Waals surface area contributed by atoms with Crippen molar-refractivity contribution >= 4 is 21.6 Å². The van der Waals surface area contributed by atoms with Crippen molar-refractivity contribution in [2.75, 3.05) is 0 Å². The van der Waals surface area contributed by atoms with E-state index in [4.69, 9.17) is 0 Å². The van der Waals surface area contributed by atoms with Gasteiger partial charge in [-0.15, -0.1) is 0 Å². The largest absolute Gasteiger partial charge is 0.507 e. The van der Waals surface area contributed by atoms with E-state index in [1.54, 1.807) is 6.07 Å². The van der Waals surface area contributed by atoms with Crippen molar-refractivity contribution in [3.05, 3.63) is 28.0 Å². The number of rotatable bonds is 1. The highest BCUT2D eigenvalue weighted by Gasteiger charge is 2.10. The van der Waals surface area contributed by atoms with Gasteiger partial charge in [0, 0.05) is 0 Å². The van der Waals surface area contributed by atoms with Crippen LogP contribution in [0.1, 0.15) is 25.3 Å². The maximum absolute atomic E-state index is 11.3. The Balaban J connectivity index is 2.80. The van der Waals surface area contributed by atoms with Crippen LogP contribution in [0.2, 0.25) is 0 Å². The van der Waals surface area contributed by atoms with Crippen LogP contribution < -0.4 is 5.56 Å². The van der Waals surface area contributed by atoms with E-state index in [-0.39, 0.29) is 11.3 Å². The molecule has 0 aliphatic rings. The standard InChI is InChI=1S/C10H11NO2S/c1-5(2)6-3-7(12)9-8(4-6)14-11-10(9)13/h3-5,12H,1-2H3,(H,11,13). The van der Waals surface area contributed by atoms with Crippen molar-refractivity contribution < 1.29 is 5.11 Å². The fraction of sp³-hybridized carbons (Fsp3) is 0.300. The van der Waals surface area contributed by atoms with Gasteiger partial charge in [-0.05, 0) is 23.6 Å². The van der Waals surface area contributed by atoms with Gasteiger partial charge in [-0.2, -0.15) is 0 Å². The third-order valence-corrected chi connectivity index (χ3v) is 3.08. The summed E-state index contributed by atoms with van der Waals surface area (Å²) in [4.78, 5) is 11.3. The summed E-state index contributed by atoms with van der Waals surface area (Å²) < 4.78 is 3.43. The second kappa shape index (κ2) is 3.13. The van der Waals surface area contributed by atoms with Crippen molar-refractivity contribution in [3.63, 3.8) is 0 Å². The molecule has 0 aliphatic carbocycles. The Morgan fingerprint density at radius 1 is 1.43 bits per heavy atom. The lowest BCUT2D eigenvalue weighted by molar-refractivity contribution is 0.480. The van der Waals surface area contributed by atoms with Gasteiger partial charge >= 0.3 is 0 Å². The molecule has 0 bridgehead atoms. The van der Waals surface area contributed by atoms with Gasteiger partial charge in [-0.1, -0.05) is 25.4 Å². The molecule has 2 aromatic rings. The van der Waals surface area contributed by atoms with Crippen LogP contribution in [0.4, 0.5) is 0 Å². The fourth-order valence-electron chi connectivity index (χ4n) is 1.42. The van der Waals surface area contributed by atoms with E-state index >= 15 is 0 Å². The topological polar surface area (TPSA) is 53.1 Å². The van der Waals surface area contributed by atoms with Crippen LogP contribution in [-0.4, -0.2) is 9.48 Å². The Bertz CT molecular complexity index is 524. The molecule has 0 aliphatic heterocycles. The summed E-state index contributed by atoms with van der Waals surface area (Å²) >= 11 is 1.26. The predicted octanol–water partition coefficient (Wildman–Crippen LogP) is 2.42. The molecule has 1 aromatic heterocycles. The first-order chi connectivity index (χ1) is 6.59. The average Bonchev–Trinajstić information content (AvgIpc) is 2.48. The van der Waals surface area contributed by atoms with E-state index in [2.05, 4.69) is 18.2 Å². The van der Waals surface area contributed by atoms with Gasteiger partial charge in [-0.25, -0.2) is 0 Å². The number of aromatic nitrogens is 1. The zero-order valence-electron chi connectivity index (χ0n) is 8.00. The van der Waals surface area contributed by atoms with E-state index in [0.717, 1.165) is 10.3 Å². The highest BCUT2D eigenvalue weighted by atomic mass is 32.1. The minimum absolute atomic E-state index is 0.0775. The monoisotopic (exact) mass is 209 g/mol. The molecule has 1 aromatic carbocycles. The molecule has 2 rings (SSSR count). The summed E-state index contributed by atoms with van der Waals surface area (Å²) in [5, 5.41) is 10.1. The Labute approximate surface area is 85.2 Å². The van der Waals surface area contributed by atoms with Gasteiger partial charge in [0.25, 0.3) is 5.56 Å². The summed E-state index contributed by atoms with van der Waals surface area (Å²) in [7, 11) is 0. The number of H-pyrrole nitrogens is 1. The number of nitrogens with one attached hydrogen (secondary N) is 1. The van der Waals surface area contributed by atoms with Crippen LogP contribution >= 0.6 is 11.5 Å². The smallest absolute Gasteiger partial charge is 0.269 e. The molecular weight excluding hydrogens is 198 g/mol. The molecule has 2 N–H and O–H groups in total. The highest BCUT2D eigenvalue weighted by Crippen LogP contribution is 2.29. The van der Waals surface area contributed by atoms with Gasteiger partial charge < -0.3 is 5.11 Å². The van der Waals surface area contributed by atoms with Crippen LogP contribution in [0.15, 0.2) is 16.9 Å². The zero-order chi connectivity index (χ0) is 10.3.